The first kappa shape index (κ1) is 12.7. The van der Waals surface area contributed by atoms with Gasteiger partial charge >= 0.3 is 0 Å². The van der Waals surface area contributed by atoms with Gasteiger partial charge in [0.25, 0.3) is 0 Å². The van der Waals surface area contributed by atoms with Crippen molar-refractivity contribution < 1.29 is 13.5 Å². The van der Waals surface area contributed by atoms with Gasteiger partial charge in [0.1, 0.15) is 9.36 Å². The summed E-state index contributed by atoms with van der Waals surface area (Å²) in [6.45, 7) is 0. The molecule has 15 heavy (non-hydrogen) atoms. The van der Waals surface area contributed by atoms with Crippen molar-refractivity contribution in [3.05, 3.63) is 29.8 Å². The fourth-order valence-electron chi connectivity index (χ4n) is 1.08. The number of benzene rings is 1. The van der Waals surface area contributed by atoms with E-state index in [-0.39, 0.29) is 0 Å². The third-order valence-electron chi connectivity index (χ3n) is 1.94. The molecule has 0 aliphatic rings. The number of alkyl halides is 1. The average molecular weight is 341 g/mol. The minimum atomic E-state index is -3.25. The fourth-order valence-corrected chi connectivity index (χ4v) is 2.12. The Kier molecular flexibility index (Phi) is 3.96. The van der Waals surface area contributed by atoms with E-state index >= 15 is 0 Å². The predicted molar refractivity (Wildman–Crippen MR) is 68.5 cm³/mol. The van der Waals surface area contributed by atoms with E-state index in [9.17, 15) is 13.5 Å². The molecule has 0 fully saturated rings. The lowest BCUT2D eigenvalue weighted by molar-refractivity contribution is 0.197. The molecule has 0 saturated carbocycles. The Morgan fingerprint density at radius 3 is 2.20 bits per heavy atom. The molecule has 0 aliphatic heterocycles. The Bertz CT molecular complexity index is 429. The highest BCUT2D eigenvalue weighted by atomic mass is 127. The summed E-state index contributed by atoms with van der Waals surface area (Å²) in [4.78, 5) is 0. The van der Waals surface area contributed by atoms with Gasteiger partial charge in [-0.3, -0.25) is 0 Å². The summed E-state index contributed by atoms with van der Waals surface area (Å²) in [6.07, 6.45) is 0.0751. The first-order chi connectivity index (χ1) is 6.82. The summed E-state index contributed by atoms with van der Waals surface area (Å²) in [6, 6.07) is 6.50. The lowest BCUT2D eigenvalue weighted by Gasteiger charge is -2.16. The monoisotopic (exact) mass is 341 g/mol. The van der Waals surface area contributed by atoms with Crippen LogP contribution in [-0.4, -0.2) is 23.0 Å². The smallest absolute Gasteiger partial charge is 0.162 e. The normalized spacial score (nSPS) is 15.9. The van der Waals surface area contributed by atoms with Crippen molar-refractivity contribution in [2.45, 2.75) is 9.36 Å². The molecule has 0 unspecified atom stereocenters. The first-order valence-corrected chi connectivity index (χ1v) is 7.39. The maximum Gasteiger partial charge on any atom is 0.162 e. The number of nitrogens with two attached hydrogens (primary N) is 1. The molecule has 84 valence electrons. The second kappa shape index (κ2) is 4.67. The second-order valence-corrected chi connectivity index (χ2v) is 7.65. The second-order valence-electron chi connectivity index (χ2n) is 3.29. The Morgan fingerprint density at radius 2 is 1.80 bits per heavy atom. The van der Waals surface area contributed by atoms with Crippen molar-refractivity contribution in [1.29, 1.82) is 0 Å². The summed E-state index contributed by atoms with van der Waals surface area (Å²) in [5.41, 5.74) is 6.62. The van der Waals surface area contributed by atoms with Crippen LogP contribution in [0.2, 0.25) is 0 Å². The van der Waals surface area contributed by atoms with Crippen LogP contribution >= 0.6 is 22.6 Å². The van der Waals surface area contributed by atoms with E-state index in [4.69, 9.17) is 5.73 Å². The maximum absolute atomic E-state index is 11.2. The molecule has 0 saturated heterocycles. The molecule has 4 nitrogen and oxygen atoms in total. The largest absolute Gasteiger partial charge is 0.399 e. The van der Waals surface area contributed by atoms with E-state index < -0.39 is 19.2 Å². The Hall–Kier alpha value is -0.340. The Labute approximate surface area is 103 Å². The molecule has 1 aromatic carbocycles. The van der Waals surface area contributed by atoms with Crippen molar-refractivity contribution in [3.63, 3.8) is 0 Å². The van der Waals surface area contributed by atoms with Gasteiger partial charge in [0.05, 0.1) is 0 Å². The lowest BCUT2D eigenvalue weighted by atomic mass is 10.1. The Balaban J connectivity index is 2.95. The third kappa shape index (κ3) is 3.32. The van der Waals surface area contributed by atoms with E-state index in [2.05, 4.69) is 0 Å². The van der Waals surface area contributed by atoms with Crippen molar-refractivity contribution in [2.75, 3.05) is 12.0 Å². The SMILES string of the molecule is CS(=O)(=O)[C@H](I)[C@H](O)c1ccc(N)cc1. The number of hydrogen-bond acceptors (Lipinski definition) is 4. The highest BCUT2D eigenvalue weighted by Gasteiger charge is 2.26. The molecule has 0 radical (unpaired) electrons. The van der Waals surface area contributed by atoms with Gasteiger partial charge < -0.3 is 10.8 Å². The summed E-state index contributed by atoms with van der Waals surface area (Å²) in [7, 11) is -3.25. The van der Waals surface area contributed by atoms with Gasteiger partial charge in [-0.05, 0) is 17.7 Å². The molecule has 1 rings (SSSR count). The molecule has 0 amide bonds. The zero-order chi connectivity index (χ0) is 11.6. The summed E-state index contributed by atoms with van der Waals surface area (Å²) < 4.78 is 21.6. The van der Waals surface area contributed by atoms with Gasteiger partial charge in [0.2, 0.25) is 0 Å². The summed E-state index contributed by atoms with van der Waals surface area (Å²) >= 11 is 1.72. The highest BCUT2D eigenvalue weighted by molar-refractivity contribution is 14.1. The Morgan fingerprint density at radius 1 is 1.33 bits per heavy atom. The standard InChI is InChI=1S/C9H12INO3S/c1-15(13,14)9(10)8(12)6-2-4-7(11)5-3-6/h2-5,8-9,12H,11H2,1H3/t8-,9+/m1/s1. The van der Waals surface area contributed by atoms with Gasteiger partial charge in [-0.25, -0.2) is 8.42 Å². The summed E-state index contributed by atoms with van der Waals surface area (Å²) in [5, 5.41) is 9.79. The molecule has 0 aliphatic carbocycles. The molecule has 6 heteroatoms. The molecule has 2 atom stereocenters. The molecule has 0 spiro atoms. The zero-order valence-electron chi connectivity index (χ0n) is 8.09. The third-order valence-corrected chi connectivity index (χ3v) is 6.46. The first-order valence-electron chi connectivity index (χ1n) is 4.19. The van der Waals surface area contributed by atoms with Gasteiger partial charge in [-0.1, -0.05) is 34.7 Å². The van der Waals surface area contributed by atoms with Crippen LogP contribution in [0.25, 0.3) is 0 Å². The molecule has 3 N–H and O–H groups in total. The molecule has 0 heterocycles. The topological polar surface area (TPSA) is 80.4 Å². The van der Waals surface area contributed by atoms with Crippen molar-refractivity contribution in [1.82, 2.24) is 0 Å². The maximum atomic E-state index is 11.2. The number of sulfone groups is 1. The van der Waals surface area contributed by atoms with Gasteiger partial charge in [0, 0.05) is 11.9 Å². The molecule has 1 aromatic rings. The van der Waals surface area contributed by atoms with Crippen molar-refractivity contribution in [2.24, 2.45) is 0 Å². The number of aliphatic hydroxyl groups excluding tert-OH is 1. The van der Waals surface area contributed by atoms with Crippen LogP contribution in [0, 0.1) is 0 Å². The van der Waals surface area contributed by atoms with Gasteiger partial charge in [0.15, 0.2) is 9.84 Å². The number of aliphatic hydroxyl groups is 1. The molecular formula is C9H12INO3S. The zero-order valence-corrected chi connectivity index (χ0v) is 11.1. The minimum absolute atomic E-state index is 0.550. The average Bonchev–Trinajstić information content (AvgIpc) is 2.15. The van der Waals surface area contributed by atoms with Crippen LogP contribution in [0.3, 0.4) is 0 Å². The number of halogens is 1. The van der Waals surface area contributed by atoms with E-state index in [1.54, 1.807) is 46.9 Å². The van der Waals surface area contributed by atoms with E-state index in [0.717, 1.165) is 6.26 Å². The summed E-state index contributed by atoms with van der Waals surface area (Å²) in [5.74, 6) is 0. The number of rotatable bonds is 3. The van der Waals surface area contributed by atoms with Crippen molar-refractivity contribution >= 4 is 38.1 Å². The minimum Gasteiger partial charge on any atom is -0.399 e. The van der Waals surface area contributed by atoms with Crippen LogP contribution in [-0.2, 0) is 9.84 Å². The van der Waals surface area contributed by atoms with E-state index in [0.29, 0.717) is 11.3 Å². The van der Waals surface area contributed by atoms with Crippen LogP contribution in [0.15, 0.2) is 24.3 Å². The van der Waals surface area contributed by atoms with E-state index in [1.165, 1.54) is 0 Å². The fraction of sp³-hybridized carbons (Fsp3) is 0.333. The number of hydrogen-bond donors (Lipinski definition) is 2. The van der Waals surface area contributed by atoms with Crippen molar-refractivity contribution in [3.8, 4) is 0 Å². The molecular weight excluding hydrogens is 329 g/mol. The van der Waals surface area contributed by atoms with Crippen LogP contribution < -0.4 is 5.73 Å². The van der Waals surface area contributed by atoms with Crippen LogP contribution in [0.4, 0.5) is 5.69 Å². The van der Waals surface area contributed by atoms with Crippen LogP contribution in [0.5, 0.6) is 0 Å². The molecule has 0 bridgehead atoms. The predicted octanol–water partition coefficient (Wildman–Crippen LogP) is 1.11. The number of nitrogen functional groups attached to an aromatic ring is 1. The van der Waals surface area contributed by atoms with Gasteiger partial charge in [-0.2, -0.15) is 0 Å². The number of anilines is 1. The quantitative estimate of drug-likeness (QED) is 0.490. The molecule has 0 aromatic heterocycles. The van der Waals surface area contributed by atoms with Crippen LogP contribution in [0.1, 0.15) is 11.7 Å². The van der Waals surface area contributed by atoms with E-state index in [1.807, 2.05) is 0 Å². The lowest BCUT2D eigenvalue weighted by Crippen LogP contribution is -2.21. The van der Waals surface area contributed by atoms with Gasteiger partial charge in [-0.15, -0.1) is 0 Å². The highest BCUT2D eigenvalue weighted by Crippen LogP contribution is 2.27.